The Bertz CT molecular complexity index is 1140. The molecule has 8 nitrogen and oxygen atoms in total. The van der Waals surface area contributed by atoms with Gasteiger partial charge in [0.25, 0.3) is 0 Å². The van der Waals surface area contributed by atoms with E-state index in [0.717, 1.165) is 0 Å². The highest BCUT2D eigenvalue weighted by molar-refractivity contribution is 6.04. The molecule has 1 aromatic carbocycles. The number of nitrogens with one attached hydrogen (secondary N) is 2. The first-order chi connectivity index (χ1) is 15.8. The monoisotopic (exact) mass is 488 g/mol. The maximum Gasteiger partial charge on any atom is 0.421 e. The van der Waals surface area contributed by atoms with Gasteiger partial charge in [0.15, 0.2) is 0 Å². The van der Waals surface area contributed by atoms with Crippen molar-refractivity contribution in [3.63, 3.8) is 0 Å². The molecule has 3 heterocycles. The fourth-order valence-electron chi connectivity index (χ4n) is 4.23. The standard InChI is InChI=1S/C20H18F6N6O2/c1-10-12(8-31(2)30-10)9-32-15-13(16(33)28-17(32)34)18(19(21,22)23,20(24,25)26)29-14(27-15)11-6-4-3-5-7-11/h3-8,13,15H,9H2,1-2H3,(H,27,29)(H,28,33,34). The summed E-state index contributed by atoms with van der Waals surface area (Å²) in [5, 5.41) is 7.21. The molecule has 1 fully saturated rings. The van der Waals surface area contributed by atoms with Gasteiger partial charge < -0.3 is 5.32 Å². The van der Waals surface area contributed by atoms with E-state index >= 15 is 0 Å². The van der Waals surface area contributed by atoms with E-state index in [0.29, 0.717) is 16.2 Å². The van der Waals surface area contributed by atoms with Gasteiger partial charge in [-0.15, -0.1) is 0 Å². The van der Waals surface area contributed by atoms with Crippen LogP contribution in [0.3, 0.4) is 0 Å². The number of imide groups is 1. The Morgan fingerprint density at radius 3 is 2.21 bits per heavy atom. The third-order valence-electron chi connectivity index (χ3n) is 5.83. The highest BCUT2D eigenvalue weighted by Crippen LogP contribution is 2.52. The fourth-order valence-corrected chi connectivity index (χ4v) is 4.23. The van der Waals surface area contributed by atoms with Crippen molar-refractivity contribution >= 4 is 17.8 Å². The normalized spacial score (nSPS) is 22.6. The van der Waals surface area contributed by atoms with Crippen molar-refractivity contribution < 1.29 is 35.9 Å². The largest absolute Gasteiger partial charge is 0.421 e. The van der Waals surface area contributed by atoms with Gasteiger partial charge >= 0.3 is 18.4 Å². The van der Waals surface area contributed by atoms with Crippen LogP contribution in [0.15, 0.2) is 41.5 Å². The number of aromatic nitrogens is 2. The van der Waals surface area contributed by atoms with Gasteiger partial charge in [-0.2, -0.15) is 31.4 Å². The van der Waals surface area contributed by atoms with Crippen LogP contribution in [0.25, 0.3) is 0 Å². The van der Waals surface area contributed by atoms with Crippen LogP contribution in [-0.2, 0) is 18.4 Å². The van der Waals surface area contributed by atoms with E-state index in [-0.39, 0.29) is 5.56 Å². The number of fused-ring (bicyclic) bond motifs is 1. The maximum absolute atomic E-state index is 14.3. The number of amidine groups is 1. The SMILES string of the molecule is Cc1nn(C)cc1CN1C(=O)NC(=O)C2C1N=C(c1ccccc1)NC2(C(F)(F)F)C(F)(F)F. The molecule has 2 aliphatic heterocycles. The van der Waals surface area contributed by atoms with Gasteiger partial charge in [-0.3, -0.25) is 19.7 Å². The van der Waals surface area contributed by atoms with E-state index in [4.69, 9.17) is 0 Å². The number of urea groups is 1. The molecule has 2 unspecified atom stereocenters. The predicted octanol–water partition coefficient (Wildman–Crippen LogP) is 2.64. The van der Waals surface area contributed by atoms with Crippen LogP contribution in [0.4, 0.5) is 31.1 Å². The molecule has 4 rings (SSSR count). The van der Waals surface area contributed by atoms with Crippen molar-refractivity contribution in [2.75, 3.05) is 0 Å². The lowest BCUT2D eigenvalue weighted by Crippen LogP contribution is -2.80. The number of aryl methyl sites for hydroxylation is 2. The van der Waals surface area contributed by atoms with Crippen molar-refractivity contribution in [1.29, 1.82) is 0 Å². The van der Waals surface area contributed by atoms with Gasteiger partial charge in [0.05, 0.1) is 12.2 Å². The number of alkyl halides is 6. The summed E-state index contributed by atoms with van der Waals surface area (Å²) in [6.07, 6.45) is -12.6. The Kier molecular flexibility index (Phi) is 5.36. The van der Waals surface area contributed by atoms with Gasteiger partial charge in [-0.25, -0.2) is 9.79 Å². The summed E-state index contributed by atoms with van der Waals surface area (Å²) in [5.41, 5.74) is -4.01. The Balaban J connectivity index is 1.94. The molecule has 0 bridgehead atoms. The molecule has 0 spiro atoms. The summed E-state index contributed by atoms with van der Waals surface area (Å²) in [4.78, 5) is 29.9. The van der Waals surface area contributed by atoms with Crippen molar-refractivity contribution in [2.24, 2.45) is 18.0 Å². The molecule has 182 valence electrons. The molecule has 2 aliphatic rings. The summed E-state index contributed by atoms with van der Waals surface area (Å²) >= 11 is 0. The molecule has 1 aromatic heterocycles. The molecule has 0 saturated carbocycles. The lowest BCUT2D eigenvalue weighted by molar-refractivity contribution is -0.321. The van der Waals surface area contributed by atoms with Crippen LogP contribution in [0.5, 0.6) is 0 Å². The second kappa shape index (κ2) is 7.74. The Labute approximate surface area is 188 Å². The quantitative estimate of drug-likeness (QED) is 0.650. The summed E-state index contributed by atoms with van der Waals surface area (Å²) in [7, 11) is 1.56. The number of aliphatic imine (C=N–C) groups is 1. The second-order valence-electron chi connectivity index (χ2n) is 8.00. The Morgan fingerprint density at radius 2 is 1.68 bits per heavy atom. The first kappa shape index (κ1) is 23.6. The molecule has 34 heavy (non-hydrogen) atoms. The molecular formula is C20H18F6N6O2. The number of carbonyl (C=O) groups excluding carboxylic acids is 2. The van der Waals surface area contributed by atoms with Crippen LogP contribution in [0.1, 0.15) is 16.8 Å². The first-order valence-electron chi connectivity index (χ1n) is 9.91. The van der Waals surface area contributed by atoms with E-state index in [2.05, 4.69) is 10.1 Å². The van der Waals surface area contributed by atoms with Gasteiger partial charge in [-0.05, 0) is 6.92 Å². The number of benzene rings is 1. The summed E-state index contributed by atoms with van der Waals surface area (Å²) < 4.78 is 87.2. The first-order valence-corrected chi connectivity index (χ1v) is 9.91. The van der Waals surface area contributed by atoms with Crippen LogP contribution >= 0.6 is 0 Å². The Morgan fingerprint density at radius 1 is 1.06 bits per heavy atom. The van der Waals surface area contributed by atoms with Crippen molar-refractivity contribution in [1.82, 2.24) is 25.3 Å². The third kappa shape index (κ3) is 3.56. The average Bonchev–Trinajstić information content (AvgIpc) is 3.05. The minimum Gasteiger partial charge on any atom is -0.348 e. The highest BCUT2D eigenvalue weighted by Gasteiger charge is 2.80. The molecule has 3 amide bonds. The van der Waals surface area contributed by atoms with Crippen LogP contribution < -0.4 is 10.6 Å². The van der Waals surface area contributed by atoms with Crippen molar-refractivity contribution in [2.45, 2.75) is 37.5 Å². The average molecular weight is 488 g/mol. The maximum atomic E-state index is 14.3. The zero-order valence-electron chi connectivity index (χ0n) is 17.7. The van der Waals surface area contributed by atoms with Crippen molar-refractivity contribution in [3.8, 4) is 0 Å². The zero-order chi connectivity index (χ0) is 25.1. The van der Waals surface area contributed by atoms with E-state index < -0.39 is 54.3 Å². The lowest BCUT2D eigenvalue weighted by Gasteiger charge is -2.51. The van der Waals surface area contributed by atoms with Crippen LogP contribution in [0, 0.1) is 12.8 Å². The smallest absolute Gasteiger partial charge is 0.348 e. The van der Waals surface area contributed by atoms with Gasteiger partial charge in [0.2, 0.25) is 11.4 Å². The fraction of sp³-hybridized carbons (Fsp3) is 0.400. The molecular weight excluding hydrogens is 470 g/mol. The third-order valence-corrected chi connectivity index (χ3v) is 5.83. The number of hydrogen-bond donors (Lipinski definition) is 2. The van der Waals surface area contributed by atoms with E-state index in [1.54, 1.807) is 19.3 Å². The summed E-state index contributed by atoms with van der Waals surface area (Å²) in [6.45, 7) is 1.15. The van der Waals surface area contributed by atoms with Gasteiger partial charge in [0.1, 0.15) is 17.9 Å². The number of rotatable bonds is 3. The van der Waals surface area contributed by atoms with E-state index in [1.807, 2.05) is 0 Å². The molecule has 1 saturated heterocycles. The van der Waals surface area contributed by atoms with Gasteiger partial charge in [0, 0.05) is 24.4 Å². The summed E-state index contributed by atoms with van der Waals surface area (Å²) in [6, 6.07) is 5.71. The topological polar surface area (TPSA) is 91.6 Å². The zero-order valence-corrected chi connectivity index (χ0v) is 17.7. The van der Waals surface area contributed by atoms with E-state index in [1.165, 1.54) is 46.5 Å². The molecule has 2 atom stereocenters. The minimum absolute atomic E-state index is 0.0743. The number of carbonyl (C=O) groups is 2. The predicted molar refractivity (Wildman–Crippen MR) is 105 cm³/mol. The molecule has 0 aliphatic carbocycles. The lowest BCUT2D eigenvalue weighted by atomic mass is 9.76. The number of nitrogens with zero attached hydrogens (tertiary/aromatic N) is 4. The van der Waals surface area contributed by atoms with Crippen LogP contribution in [0.2, 0.25) is 0 Å². The number of hydrogen-bond acceptors (Lipinski definition) is 5. The molecule has 14 heteroatoms. The summed E-state index contributed by atoms with van der Waals surface area (Å²) in [5.74, 6) is -5.31. The van der Waals surface area contributed by atoms with Crippen LogP contribution in [-0.4, -0.2) is 56.5 Å². The Hall–Kier alpha value is -3.58. The van der Waals surface area contributed by atoms with Gasteiger partial charge in [-0.1, -0.05) is 30.3 Å². The molecule has 2 aromatic rings. The minimum atomic E-state index is -5.97. The number of halogens is 6. The molecule has 2 N–H and O–H groups in total. The second-order valence-corrected chi connectivity index (χ2v) is 8.00. The number of amides is 3. The highest BCUT2D eigenvalue weighted by atomic mass is 19.4. The molecule has 0 radical (unpaired) electrons. The van der Waals surface area contributed by atoms with Crippen molar-refractivity contribution in [3.05, 3.63) is 53.3 Å². The van der Waals surface area contributed by atoms with E-state index in [9.17, 15) is 35.9 Å².